The van der Waals surface area contributed by atoms with Gasteiger partial charge in [-0.05, 0) is 24.8 Å². The van der Waals surface area contributed by atoms with E-state index in [1.807, 2.05) is 24.4 Å². The second kappa shape index (κ2) is 7.23. The minimum atomic E-state index is -0.205. The van der Waals surface area contributed by atoms with Crippen LogP contribution in [0.4, 0.5) is 0 Å². The monoisotopic (exact) mass is 333 g/mol. The molecule has 0 aliphatic carbocycles. The van der Waals surface area contributed by atoms with Crippen LogP contribution in [0.2, 0.25) is 0 Å². The summed E-state index contributed by atoms with van der Waals surface area (Å²) in [6.07, 6.45) is 2.79. The Balaban J connectivity index is 1.51. The van der Waals surface area contributed by atoms with Gasteiger partial charge >= 0.3 is 0 Å². The van der Waals surface area contributed by atoms with E-state index in [0.717, 1.165) is 37.5 Å². The first-order chi connectivity index (χ1) is 11.2. The van der Waals surface area contributed by atoms with Crippen molar-refractivity contribution < 1.29 is 4.79 Å². The zero-order valence-corrected chi connectivity index (χ0v) is 14.4. The van der Waals surface area contributed by atoms with Crippen molar-refractivity contribution in [2.45, 2.75) is 58.3 Å². The van der Waals surface area contributed by atoms with Crippen molar-refractivity contribution in [3.05, 3.63) is 34.0 Å². The van der Waals surface area contributed by atoms with Gasteiger partial charge in [0, 0.05) is 30.3 Å². The fraction of sp³-hybridized carbons (Fsp3) is 0.562. The van der Waals surface area contributed by atoms with Gasteiger partial charge in [0.25, 0.3) is 0 Å². The fourth-order valence-corrected chi connectivity index (χ4v) is 3.59. The Kier molecular flexibility index (Phi) is 5.07. The third-order valence-corrected chi connectivity index (χ3v) is 5.11. The lowest BCUT2D eigenvalue weighted by molar-refractivity contribution is -0.123. The van der Waals surface area contributed by atoms with Crippen LogP contribution in [-0.4, -0.2) is 32.8 Å². The van der Waals surface area contributed by atoms with Crippen molar-refractivity contribution in [2.75, 3.05) is 0 Å². The van der Waals surface area contributed by atoms with Crippen LogP contribution in [0, 0.1) is 0 Å². The molecule has 124 valence electrons. The van der Waals surface area contributed by atoms with Crippen LogP contribution in [0.3, 0.4) is 0 Å². The summed E-state index contributed by atoms with van der Waals surface area (Å²) in [4.78, 5) is 13.4. The van der Waals surface area contributed by atoms with Gasteiger partial charge < -0.3 is 15.2 Å². The van der Waals surface area contributed by atoms with Crippen LogP contribution >= 0.6 is 11.3 Å². The number of carbonyl (C=O) groups is 1. The Morgan fingerprint density at radius 1 is 1.52 bits per heavy atom. The van der Waals surface area contributed by atoms with E-state index >= 15 is 0 Å². The maximum Gasteiger partial charge on any atom is 0.237 e. The van der Waals surface area contributed by atoms with Gasteiger partial charge in [0.2, 0.25) is 5.91 Å². The Hall–Kier alpha value is -1.73. The van der Waals surface area contributed by atoms with E-state index in [2.05, 4.69) is 32.3 Å². The van der Waals surface area contributed by atoms with Gasteiger partial charge in [-0.15, -0.1) is 21.5 Å². The number of rotatable bonds is 6. The van der Waals surface area contributed by atoms with E-state index < -0.39 is 0 Å². The molecule has 0 unspecified atom stereocenters. The molecule has 2 aromatic rings. The first-order valence-electron chi connectivity index (χ1n) is 8.14. The Morgan fingerprint density at radius 2 is 2.39 bits per heavy atom. The highest BCUT2D eigenvalue weighted by Crippen LogP contribution is 2.16. The van der Waals surface area contributed by atoms with Crippen LogP contribution in [0.15, 0.2) is 17.5 Å². The van der Waals surface area contributed by atoms with E-state index in [9.17, 15) is 4.79 Å². The highest BCUT2D eigenvalue weighted by atomic mass is 32.1. The van der Waals surface area contributed by atoms with Gasteiger partial charge in [-0.25, -0.2) is 0 Å². The molecule has 23 heavy (non-hydrogen) atoms. The number of nitrogens with one attached hydrogen (secondary N) is 2. The zero-order valence-electron chi connectivity index (χ0n) is 13.6. The average molecular weight is 333 g/mol. The lowest BCUT2D eigenvalue weighted by Gasteiger charge is -2.27. The minimum Gasteiger partial charge on any atom is -0.350 e. The standard InChI is InChI=1S/C16H23N5OS/c1-3-14-19-20-15-7-6-12(10-21(14)15)18-11(2)16(22)17-9-13-5-4-8-23-13/h4-5,8,11-12,18H,3,6-7,9-10H2,1-2H3,(H,17,22)/t11-,12-/m0/s1. The molecule has 0 fully saturated rings. The average Bonchev–Trinajstić information content (AvgIpc) is 3.21. The smallest absolute Gasteiger partial charge is 0.237 e. The molecule has 0 spiro atoms. The largest absolute Gasteiger partial charge is 0.350 e. The molecule has 3 rings (SSSR count). The molecule has 0 bridgehead atoms. The summed E-state index contributed by atoms with van der Waals surface area (Å²) in [5.74, 6) is 2.14. The minimum absolute atomic E-state index is 0.0451. The molecule has 0 saturated heterocycles. The Labute approximate surface area is 140 Å². The summed E-state index contributed by atoms with van der Waals surface area (Å²) >= 11 is 1.66. The molecule has 2 N–H and O–H groups in total. The normalized spacial score (nSPS) is 18.4. The first-order valence-corrected chi connectivity index (χ1v) is 9.02. The van der Waals surface area contributed by atoms with E-state index in [0.29, 0.717) is 6.54 Å². The van der Waals surface area contributed by atoms with Gasteiger partial charge in [-0.1, -0.05) is 13.0 Å². The van der Waals surface area contributed by atoms with Crippen LogP contribution in [0.1, 0.15) is 36.8 Å². The molecule has 0 aromatic carbocycles. The predicted molar refractivity (Wildman–Crippen MR) is 90.3 cm³/mol. The number of hydrogen-bond acceptors (Lipinski definition) is 5. The van der Waals surface area contributed by atoms with Crippen LogP contribution in [0.25, 0.3) is 0 Å². The molecule has 0 radical (unpaired) electrons. The molecule has 1 amide bonds. The number of aryl methyl sites for hydroxylation is 2. The predicted octanol–water partition coefficient (Wildman–Crippen LogP) is 1.51. The first kappa shape index (κ1) is 16.1. The van der Waals surface area contributed by atoms with Crippen LogP contribution in [0.5, 0.6) is 0 Å². The van der Waals surface area contributed by atoms with E-state index in [1.54, 1.807) is 11.3 Å². The van der Waals surface area contributed by atoms with E-state index in [1.165, 1.54) is 4.88 Å². The second-order valence-corrected chi connectivity index (χ2v) is 6.95. The lowest BCUT2D eigenvalue weighted by atomic mass is 10.1. The summed E-state index contributed by atoms with van der Waals surface area (Å²) in [6, 6.07) is 4.11. The van der Waals surface area contributed by atoms with Crippen LogP contribution in [-0.2, 0) is 30.7 Å². The Bertz CT molecular complexity index is 638. The number of amides is 1. The summed E-state index contributed by atoms with van der Waals surface area (Å²) in [7, 11) is 0. The highest BCUT2D eigenvalue weighted by Gasteiger charge is 2.25. The molecular formula is C16H23N5OS. The molecule has 1 aliphatic rings. The number of aromatic nitrogens is 3. The van der Waals surface area contributed by atoms with Gasteiger partial charge in [0.15, 0.2) is 0 Å². The molecular weight excluding hydrogens is 310 g/mol. The number of carbonyl (C=O) groups excluding carboxylic acids is 1. The van der Waals surface area contributed by atoms with E-state index in [4.69, 9.17) is 0 Å². The third kappa shape index (κ3) is 3.79. The molecule has 2 atom stereocenters. The molecule has 2 aromatic heterocycles. The second-order valence-electron chi connectivity index (χ2n) is 5.92. The molecule has 0 saturated carbocycles. The van der Waals surface area contributed by atoms with Gasteiger partial charge in [-0.2, -0.15) is 0 Å². The van der Waals surface area contributed by atoms with Crippen molar-refractivity contribution in [3.63, 3.8) is 0 Å². The number of fused-ring (bicyclic) bond motifs is 1. The molecule has 6 nitrogen and oxygen atoms in total. The maximum absolute atomic E-state index is 12.2. The lowest BCUT2D eigenvalue weighted by Crippen LogP contribution is -2.49. The van der Waals surface area contributed by atoms with Crippen molar-refractivity contribution in [1.82, 2.24) is 25.4 Å². The van der Waals surface area contributed by atoms with Gasteiger partial charge in [0.1, 0.15) is 11.6 Å². The van der Waals surface area contributed by atoms with Crippen molar-refractivity contribution in [2.24, 2.45) is 0 Å². The summed E-state index contributed by atoms with van der Waals surface area (Å²) in [6.45, 7) is 5.46. The molecule has 7 heteroatoms. The van der Waals surface area contributed by atoms with Gasteiger partial charge in [-0.3, -0.25) is 4.79 Å². The van der Waals surface area contributed by atoms with Crippen molar-refractivity contribution in [1.29, 1.82) is 0 Å². The van der Waals surface area contributed by atoms with Crippen LogP contribution < -0.4 is 10.6 Å². The fourth-order valence-electron chi connectivity index (χ4n) is 2.95. The van der Waals surface area contributed by atoms with Crippen molar-refractivity contribution >= 4 is 17.2 Å². The third-order valence-electron chi connectivity index (χ3n) is 4.24. The quantitative estimate of drug-likeness (QED) is 0.841. The summed E-state index contributed by atoms with van der Waals surface area (Å²) in [5.41, 5.74) is 0. The molecule has 1 aliphatic heterocycles. The maximum atomic E-state index is 12.2. The SMILES string of the molecule is CCc1nnc2n1C[C@@H](N[C@@H](C)C(=O)NCc1cccs1)CC2. The van der Waals surface area contributed by atoms with Gasteiger partial charge in [0.05, 0.1) is 12.6 Å². The summed E-state index contributed by atoms with van der Waals surface area (Å²) in [5, 5.41) is 16.9. The number of nitrogens with zero attached hydrogens (tertiary/aromatic N) is 3. The topological polar surface area (TPSA) is 71.8 Å². The molecule has 3 heterocycles. The highest BCUT2D eigenvalue weighted by molar-refractivity contribution is 7.09. The van der Waals surface area contributed by atoms with Crippen molar-refractivity contribution in [3.8, 4) is 0 Å². The van der Waals surface area contributed by atoms with E-state index in [-0.39, 0.29) is 18.0 Å². The Morgan fingerprint density at radius 3 is 3.13 bits per heavy atom. The summed E-state index contributed by atoms with van der Waals surface area (Å²) < 4.78 is 2.19. The number of hydrogen-bond donors (Lipinski definition) is 2. The zero-order chi connectivity index (χ0) is 16.2. The number of thiophene rings is 1.